The molecule has 6 heteroatoms. The van der Waals surface area contributed by atoms with Crippen LogP contribution in [0.1, 0.15) is 44.5 Å². The molecule has 0 bridgehead atoms. The standard InChI is InChI=1S/C22H16O6/c23-21(15-7-3-11-27-15)19-17(13-5-1-9-25-13)18(14-6-2-10-26-14)20(19)22(24)16-8-4-12-28-16/h1-12,17-20H/t17-,18-,19-,20-/m1/s1. The molecular weight excluding hydrogens is 360 g/mol. The summed E-state index contributed by atoms with van der Waals surface area (Å²) in [5.41, 5.74) is 0. The van der Waals surface area contributed by atoms with E-state index in [1.54, 1.807) is 48.9 Å². The fourth-order valence-corrected chi connectivity index (χ4v) is 4.24. The van der Waals surface area contributed by atoms with Crippen molar-refractivity contribution in [2.24, 2.45) is 11.8 Å². The van der Waals surface area contributed by atoms with Gasteiger partial charge in [-0.2, -0.15) is 0 Å². The zero-order valence-electron chi connectivity index (χ0n) is 14.7. The third-order valence-corrected chi connectivity index (χ3v) is 5.42. The van der Waals surface area contributed by atoms with Crippen molar-refractivity contribution in [3.8, 4) is 0 Å². The Labute approximate surface area is 159 Å². The van der Waals surface area contributed by atoms with Gasteiger partial charge in [-0.3, -0.25) is 9.59 Å². The number of carbonyl (C=O) groups excluding carboxylic acids is 2. The monoisotopic (exact) mass is 376 g/mol. The Hall–Kier alpha value is -3.54. The fraction of sp³-hybridized carbons (Fsp3) is 0.182. The van der Waals surface area contributed by atoms with Gasteiger partial charge in [0.15, 0.2) is 11.5 Å². The van der Waals surface area contributed by atoms with Crippen LogP contribution >= 0.6 is 0 Å². The number of furan rings is 4. The van der Waals surface area contributed by atoms with E-state index in [1.165, 1.54) is 12.5 Å². The molecule has 0 saturated heterocycles. The Balaban J connectivity index is 1.61. The average molecular weight is 376 g/mol. The highest BCUT2D eigenvalue weighted by molar-refractivity contribution is 6.05. The van der Waals surface area contributed by atoms with Crippen LogP contribution in [-0.4, -0.2) is 11.6 Å². The molecular formula is C22H16O6. The van der Waals surface area contributed by atoms with Gasteiger partial charge in [-0.05, 0) is 48.5 Å². The normalized spacial score (nSPS) is 24.0. The molecule has 28 heavy (non-hydrogen) atoms. The first-order chi connectivity index (χ1) is 13.8. The lowest BCUT2D eigenvalue weighted by Gasteiger charge is -2.47. The fourth-order valence-electron chi connectivity index (χ4n) is 4.24. The first kappa shape index (κ1) is 16.6. The predicted molar refractivity (Wildman–Crippen MR) is 96.0 cm³/mol. The van der Waals surface area contributed by atoms with Gasteiger partial charge in [0, 0.05) is 23.7 Å². The number of rotatable bonds is 6. The van der Waals surface area contributed by atoms with Gasteiger partial charge in [-0.1, -0.05) is 0 Å². The van der Waals surface area contributed by atoms with Crippen LogP contribution < -0.4 is 0 Å². The number of carbonyl (C=O) groups is 2. The number of Topliss-reactive ketones (excluding diaryl/α,β-unsaturated/α-hetero) is 2. The molecule has 0 unspecified atom stereocenters. The second-order valence-electron chi connectivity index (χ2n) is 6.82. The van der Waals surface area contributed by atoms with Gasteiger partial charge in [-0.15, -0.1) is 0 Å². The minimum Gasteiger partial charge on any atom is -0.469 e. The molecule has 4 atom stereocenters. The molecule has 0 amide bonds. The van der Waals surface area contributed by atoms with Gasteiger partial charge < -0.3 is 17.7 Å². The third kappa shape index (κ3) is 2.49. The maximum atomic E-state index is 13.2. The van der Waals surface area contributed by atoms with Crippen molar-refractivity contribution in [1.82, 2.24) is 0 Å². The zero-order valence-corrected chi connectivity index (χ0v) is 14.7. The van der Waals surface area contributed by atoms with Crippen molar-refractivity contribution >= 4 is 11.6 Å². The van der Waals surface area contributed by atoms with Crippen molar-refractivity contribution in [2.75, 3.05) is 0 Å². The second kappa shape index (κ2) is 6.56. The largest absolute Gasteiger partial charge is 0.469 e. The van der Waals surface area contributed by atoms with Crippen LogP contribution in [0, 0.1) is 11.8 Å². The predicted octanol–water partition coefficient (Wildman–Crippen LogP) is 4.94. The zero-order chi connectivity index (χ0) is 19.1. The molecule has 1 aliphatic carbocycles. The van der Waals surface area contributed by atoms with E-state index in [0.29, 0.717) is 11.5 Å². The van der Waals surface area contributed by atoms with Crippen molar-refractivity contribution in [2.45, 2.75) is 11.8 Å². The van der Waals surface area contributed by atoms with E-state index < -0.39 is 11.8 Å². The highest BCUT2D eigenvalue weighted by Gasteiger charge is 2.61. The minimum absolute atomic E-state index is 0.219. The van der Waals surface area contributed by atoms with E-state index in [2.05, 4.69) is 0 Å². The molecule has 0 spiro atoms. The minimum atomic E-state index is -0.648. The summed E-state index contributed by atoms with van der Waals surface area (Å²) in [5, 5.41) is 0. The highest BCUT2D eigenvalue weighted by Crippen LogP contribution is 2.59. The molecule has 0 aromatic carbocycles. The van der Waals surface area contributed by atoms with Gasteiger partial charge in [0.05, 0.1) is 25.1 Å². The molecule has 0 radical (unpaired) electrons. The van der Waals surface area contributed by atoms with Crippen molar-refractivity contribution in [3.63, 3.8) is 0 Å². The van der Waals surface area contributed by atoms with Gasteiger partial charge in [0.1, 0.15) is 11.5 Å². The Bertz CT molecular complexity index is 966. The molecule has 140 valence electrons. The second-order valence-corrected chi connectivity index (χ2v) is 6.82. The third-order valence-electron chi connectivity index (χ3n) is 5.42. The van der Waals surface area contributed by atoms with Crippen LogP contribution in [0.3, 0.4) is 0 Å². The quantitative estimate of drug-likeness (QED) is 0.443. The molecule has 4 aromatic rings. The average Bonchev–Trinajstić information content (AvgIpc) is 3.50. The molecule has 4 aromatic heterocycles. The van der Waals surface area contributed by atoms with E-state index in [0.717, 1.165) is 0 Å². The summed E-state index contributed by atoms with van der Waals surface area (Å²) < 4.78 is 21.9. The van der Waals surface area contributed by atoms with Crippen molar-refractivity contribution < 1.29 is 27.3 Å². The van der Waals surface area contributed by atoms with E-state index in [1.807, 2.05) is 12.1 Å². The number of hydrogen-bond acceptors (Lipinski definition) is 6. The first-order valence-corrected chi connectivity index (χ1v) is 8.98. The van der Waals surface area contributed by atoms with E-state index >= 15 is 0 Å². The SMILES string of the molecule is O=C(c1ccco1)[C@H]1[C@H](C(=O)c2ccco2)[C@H](c2ccco2)[C@H]1c1ccco1. The maximum absolute atomic E-state index is 13.2. The van der Waals surface area contributed by atoms with E-state index in [4.69, 9.17) is 17.7 Å². The van der Waals surface area contributed by atoms with E-state index in [-0.39, 0.29) is 34.9 Å². The van der Waals surface area contributed by atoms with Crippen molar-refractivity contribution in [1.29, 1.82) is 0 Å². The molecule has 1 aliphatic rings. The lowest BCUT2D eigenvalue weighted by atomic mass is 9.52. The molecule has 1 saturated carbocycles. The van der Waals surface area contributed by atoms with Crippen molar-refractivity contribution in [3.05, 3.63) is 96.6 Å². The highest BCUT2D eigenvalue weighted by atomic mass is 16.3. The van der Waals surface area contributed by atoms with Gasteiger partial charge >= 0.3 is 0 Å². The summed E-state index contributed by atoms with van der Waals surface area (Å²) >= 11 is 0. The lowest BCUT2D eigenvalue weighted by molar-refractivity contribution is 0.0344. The Morgan fingerprint density at radius 3 is 1.29 bits per heavy atom. The molecule has 0 aliphatic heterocycles. The molecule has 6 nitrogen and oxygen atoms in total. The summed E-state index contributed by atoms with van der Waals surface area (Å²) in [6, 6.07) is 13.7. The smallest absolute Gasteiger partial charge is 0.202 e. The summed E-state index contributed by atoms with van der Waals surface area (Å²) in [6.45, 7) is 0. The Morgan fingerprint density at radius 1 is 0.571 bits per heavy atom. The van der Waals surface area contributed by atoms with Crippen LogP contribution in [0.25, 0.3) is 0 Å². The Morgan fingerprint density at radius 2 is 0.964 bits per heavy atom. The van der Waals surface area contributed by atoms with Gasteiger partial charge in [0.2, 0.25) is 11.6 Å². The summed E-state index contributed by atoms with van der Waals surface area (Å²) in [7, 11) is 0. The van der Waals surface area contributed by atoms with Gasteiger partial charge in [0.25, 0.3) is 0 Å². The first-order valence-electron chi connectivity index (χ1n) is 8.98. The summed E-state index contributed by atoms with van der Waals surface area (Å²) in [4.78, 5) is 26.5. The van der Waals surface area contributed by atoms with E-state index in [9.17, 15) is 9.59 Å². The summed E-state index contributed by atoms with van der Waals surface area (Å²) in [5.74, 6) is -0.753. The Kier molecular flexibility index (Phi) is 3.90. The van der Waals surface area contributed by atoms with Crippen LogP contribution in [0.5, 0.6) is 0 Å². The van der Waals surface area contributed by atoms with Crippen LogP contribution in [0.4, 0.5) is 0 Å². The lowest BCUT2D eigenvalue weighted by Crippen LogP contribution is -2.51. The van der Waals surface area contributed by atoms with Gasteiger partial charge in [-0.25, -0.2) is 0 Å². The number of ketones is 2. The van der Waals surface area contributed by atoms with Crippen LogP contribution in [0.15, 0.2) is 91.3 Å². The van der Waals surface area contributed by atoms with Crippen LogP contribution in [-0.2, 0) is 0 Å². The molecule has 4 heterocycles. The summed E-state index contributed by atoms with van der Waals surface area (Å²) in [6.07, 6.45) is 6.01. The molecule has 0 N–H and O–H groups in total. The molecule has 5 rings (SSSR count). The maximum Gasteiger partial charge on any atom is 0.202 e. The molecule has 1 fully saturated rings. The van der Waals surface area contributed by atoms with Crippen LogP contribution in [0.2, 0.25) is 0 Å². The topological polar surface area (TPSA) is 86.7 Å². The number of hydrogen-bond donors (Lipinski definition) is 0.